The first-order valence-corrected chi connectivity index (χ1v) is 8.12. The van der Waals surface area contributed by atoms with Crippen LogP contribution in [0.4, 0.5) is 18.9 Å². The average Bonchev–Trinajstić information content (AvgIpc) is 3.27. The van der Waals surface area contributed by atoms with Crippen LogP contribution in [0.5, 0.6) is 11.5 Å². The highest BCUT2D eigenvalue weighted by Gasteiger charge is 2.30. The Morgan fingerprint density at radius 3 is 2.64 bits per heavy atom. The smallest absolute Gasteiger partial charge is 0.417 e. The van der Waals surface area contributed by atoms with Crippen LogP contribution in [0.3, 0.4) is 0 Å². The number of pyridine rings is 1. The molecule has 0 saturated heterocycles. The summed E-state index contributed by atoms with van der Waals surface area (Å²) in [5.74, 6) is 0.872. The Hall–Kier alpha value is -3.56. The minimum atomic E-state index is -4.47. The van der Waals surface area contributed by atoms with E-state index < -0.39 is 17.6 Å². The number of hydrogen-bond acceptors (Lipinski definition) is 5. The second kappa shape index (κ2) is 6.55. The molecule has 1 amide bonds. The molecule has 1 aliphatic rings. The van der Waals surface area contributed by atoms with Crippen molar-refractivity contribution in [2.75, 3.05) is 12.1 Å². The molecule has 0 fully saturated rings. The van der Waals surface area contributed by atoms with Crippen molar-refractivity contribution in [3.05, 3.63) is 59.5 Å². The molecule has 10 heteroatoms. The van der Waals surface area contributed by atoms with Gasteiger partial charge in [0.05, 0.1) is 23.0 Å². The minimum absolute atomic E-state index is 0.124. The third-order valence-corrected chi connectivity index (χ3v) is 4.18. The predicted octanol–water partition coefficient (Wildman–Crippen LogP) is 3.58. The molecule has 3 aromatic rings. The van der Waals surface area contributed by atoms with Gasteiger partial charge in [0.1, 0.15) is 0 Å². The maximum Gasteiger partial charge on any atom is 0.417 e. The molecule has 0 aliphatic carbocycles. The molecule has 0 unspecified atom stereocenters. The molecule has 0 spiro atoms. The molecule has 7 nitrogen and oxygen atoms in total. The summed E-state index contributed by atoms with van der Waals surface area (Å²) in [7, 11) is 0. The summed E-state index contributed by atoms with van der Waals surface area (Å²) in [6, 6.07) is 7.10. The molecule has 0 radical (unpaired) electrons. The molecule has 0 atom stereocenters. The fourth-order valence-corrected chi connectivity index (χ4v) is 2.72. The lowest BCUT2D eigenvalue weighted by atomic mass is 10.2. The maximum absolute atomic E-state index is 12.7. The highest BCUT2D eigenvalue weighted by atomic mass is 19.4. The number of rotatable bonds is 3. The van der Waals surface area contributed by atoms with Crippen molar-refractivity contribution in [1.82, 2.24) is 14.8 Å². The monoisotopic (exact) mass is 390 g/mol. The van der Waals surface area contributed by atoms with Gasteiger partial charge in [-0.2, -0.15) is 18.3 Å². The standard InChI is InChI=1S/C18H13F3N4O3/c1-10-13(17(26)24-12-3-4-14-15(6-12)28-9-27-14)8-23-25(10)16-5-2-11(7-22-16)18(19,20)21/h2-8H,9H2,1H3,(H,24,26). The topological polar surface area (TPSA) is 78.3 Å². The van der Waals surface area contributed by atoms with Crippen LogP contribution in [0.15, 0.2) is 42.7 Å². The van der Waals surface area contributed by atoms with Gasteiger partial charge >= 0.3 is 6.18 Å². The van der Waals surface area contributed by atoms with Crippen molar-refractivity contribution in [3.63, 3.8) is 0 Å². The Morgan fingerprint density at radius 1 is 1.14 bits per heavy atom. The minimum Gasteiger partial charge on any atom is -0.454 e. The van der Waals surface area contributed by atoms with E-state index in [4.69, 9.17) is 9.47 Å². The highest BCUT2D eigenvalue weighted by molar-refractivity contribution is 6.05. The van der Waals surface area contributed by atoms with Crippen molar-refractivity contribution in [2.24, 2.45) is 0 Å². The third kappa shape index (κ3) is 3.24. The number of ether oxygens (including phenoxy) is 2. The second-order valence-electron chi connectivity index (χ2n) is 5.98. The molecule has 3 heterocycles. The fourth-order valence-electron chi connectivity index (χ4n) is 2.72. The van der Waals surface area contributed by atoms with E-state index in [0.717, 1.165) is 12.3 Å². The van der Waals surface area contributed by atoms with E-state index in [-0.39, 0.29) is 18.2 Å². The number of halogens is 3. The summed E-state index contributed by atoms with van der Waals surface area (Å²) in [4.78, 5) is 16.4. The number of carbonyl (C=O) groups excluding carboxylic acids is 1. The zero-order valence-corrected chi connectivity index (χ0v) is 14.4. The van der Waals surface area contributed by atoms with Gasteiger partial charge in [0.25, 0.3) is 5.91 Å². The lowest BCUT2D eigenvalue weighted by molar-refractivity contribution is -0.137. The number of nitrogens with one attached hydrogen (secondary N) is 1. The van der Waals surface area contributed by atoms with E-state index in [0.29, 0.717) is 22.9 Å². The largest absolute Gasteiger partial charge is 0.454 e. The van der Waals surface area contributed by atoms with Gasteiger partial charge in [-0.1, -0.05) is 0 Å². The Morgan fingerprint density at radius 2 is 1.93 bits per heavy atom. The number of anilines is 1. The van der Waals surface area contributed by atoms with Crippen LogP contribution in [0.1, 0.15) is 21.6 Å². The molecular formula is C18H13F3N4O3. The highest BCUT2D eigenvalue weighted by Crippen LogP contribution is 2.34. The van der Waals surface area contributed by atoms with Crippen LogP contribution >= 0.6 is 0 Å². The number of carbonyl (C=O) groups is 1. The Bertz CT molecular complexity index is 1050. The number of fused-ring (bicyclic) bond motifs is 1. The van der Waals surface area contributed by atoms with Crippen molar-refractivity contribution < 1.29 is 27.4 Å². The molecule has 1 aromatic carbocycles. The molecule has 2 aromatic heterocycles. The van der Waals surface area contributed by atoms with E-state index >= 15 is 0 Å². The number of amides is 1. The van der Waals surface area contributed by atoms with Crippen LogP contribution in [0.2, 0.25) is 0 Å². The summed E-state index contributed by atoms with van der Waals surface area (Å²) in [6.07, 6.45) is -2.42. The van der Waals surface area contributed by atoms with E-state index in [2.05, 4.69) is 15.4 Å². The molecule has 28 heavy (non-hydrogen) atoms. The van der Waals surface area contributed by atoms with E-state index in [1.165, 1.54) is 16.9 Å². The summed E-state index contributed by atoms with van der Waals surface area (Å²) < 4.78 is 49.8. The van der Waals surface area contributed by atoms with Crippen LogP contribution in [-0.4, -0.2) is 27.5 Å². The summed E-state index contributed by atoms with van der Waals surface area (Å²) >= 11 is 0. The number of benzene rings is 1. The van der Waals surface area contributed by atoms with Crippen LogP contribution in [-0.2, 0) is 6.18 Å². The van der Waals surface area contributed by atoms with Crippen LogP contribution < -0.4 is 14.8 Å². The average molecular weight is 390 g/mol. The first kappa shape index (κ1) is 17.8. The molecule has 0 saturated carbocycles. The van der Waals surface area contributed by atoms with Gasteiger partial charge in [-0.15, -0.1) is 0 Å². The van der Waals surface area contributed by atoms with Crippen LogP contribution in [0.25, 0.3) is 5.82 Å². The number of aromatic nitrogens is 3. The fraction of sp³-hybridized carbons (Fsp3) is 0.167. The number of hydrogen-bond donors (Lipinski definition) is 1. The van der Waals surface area contributed by atoms with Gasteiger partial charge in [-0.3, -0.25) is 4.79 Å². The Balaban J connectivity index is 1.55. The van der Waals surface area contributed by atoms with Gasteiger partial charge < -0.3 is 14.8 Å². The number of nitrogens with zero attached hydrogens (tertiary/aromatic N) is 3. The summed E-state index contributed by atoms with van der Waals surface area (Å²) in [5, 5.41) is 6.79. The van der Waals surface area contributed by atoms with Gasteiger partial charge in [0.2, 0.25) is 6.79 Å². The number of alkyl halides is 3. The zero-order chi connectivity index (χ0) is 19.9. The first-order valence-electron chi connectivity index (χ1n) is 8.12. The quantitative estimate of drug-likeness (QED) is 0.740. The molecular weight excluding hydrogens is 377 g/mol. The molecule has 0 bridgehead atoms. The van der Waals surface area contributed by atoms with Gasteiger partial charge in [0.15, 0.2) is 17.3 Å². The second-order valence-corrected chi connectivity index (χ2v) is 5.98. The SMILES string of the molecule is Cc1c(C(=O)Nc2ccc3c(c2)OCO3)cnn1-c1ccc(C(F)(F)F)cn1. The van der Waals surface area contributed by atoms with Crippen molar-refractivity contribution >= 4 is 11.6 Å². The molecule has 1 N–H and O–H groups in total. The van der Waals surface area contributed by atoms with E-state index in [9.17, 15) is 18.0 Å². The molecule has 144 valence electrons. The van der Waals surface area contributed by atoms with E-state index in [1.807, 2.05) is 0 Å². The van der Waals surface area contributed by atoms with E-state index in [1.54, 1.807) is 25.1 Å². The van der Waals surface area contributed by atoms with Gasteiger partial charge in [-0.05, 0) is 31.2 Å². The summed E-state index contributed by atoms with van der Waals surface area (Å²) in [6.45, 7) is 1.75. The zero-order valence-electron chi connectivity index (χ0n) is 14.4. The Labute approximate surface area is 156 Å². The molecule has 1 aliphatic heterocycles. The van der Waals surface area contributed by atoms with Crippen molar-refractivity contribution in [1.29, 1.82) is 0 Å². The predicted molar refractivity (Wildman–Crippen MR) is 91.6 cm³/mol. The van der Waals surface area contributed by atoms with Gasteiger partial charge in [0, 0.05) is 18.0 Å². The first-order chi connectivity index (χ1) is 13.3. The van der Waals surface area contributed by atoms with Crippen LogP contribution in [0, 0.1) is 6.92 Å². The third-order valence-electron chi connectivity index (χ3n) is 4.18. The summed E-state index contributed by atoms with van der Waals surface area (Å²) in [5.41, 5.74) is 0.348. The lowest BCUT2D eigenvalue weighted by Crippen LogP contribution is -2.13. The van der Waals surface area contributed by atoms with Crippen molar-refractivity contribution in [2.45, 2.75) is 13.1 Å². The molecule has 4 rings (SSSR count). The normalized spacial score (nSPS) is 12.9. The Kier molecular flexibility index (Phi) is 4.17. The maximum atomic E-state index is 12.7. The lowest BCUT2D eigenvalue weighted by Gasteiger charge is -2.09. The van der Waals surface area contributed by atoms with Gasteiger partial charge in [-0.25, -0.2) is 9.67 Å². The van der Waals surface area contributed by atoms with Crippen molar-refractivity contribution in [3.8, 4) is 17.3 Å².